The largest absolute Gasteiger partial charge is 0.497 e. The minimum atomic E-state index is 0.275. The summed E-state index contributed by atoms with van der Waals surface area (Å²) in [7, 11) is 3.34. The van der Waals surface area contributed by atoms with E-state index >= 15 is 0 Å². The van der Waals surface area contributed by atoms with Gasteiger partial charge in [-0.3, -0.25) is 9.78 Å². The standard InChI is InChI=1S/C10H12N2O.C9H12O2/c13-10-2-1-7-12(10)8-9-3-5-11-6-4-9;1-10-7-8-3-5-9(11-2)6-4-8/h3-6H,1-2,7-8H2;3-6H,7H2,1-2H3. The second-order valence-corrected chi connectivity index (χ2v) is 5.56. The summed E-state index contributed by atoms with van der Waals surface area (Å²) in [4.78, 5) is 17.1. The highest BCUT2D eigenvalue weighted by molar-refractivity contribution is 5.78. The van der Waals surface area contributed by atoms with E-state index in [9.17, 15) is 4.79 Å². The van der Waals surface area contributed by atoms with Gasteiger partial charge in [-0.15, -0.1) is 0 Å². The molecule has 0 radical (unpaired) electrons. The molecule has 0 saturated carbocycles. The molecule has 24 heavy (non-hydrogen) atoms. The average molecular weight is 328 g/mol. The number of ether oxygens (including phenoxy) is 2. The maximum Gasteiger partial charge on any atom is 0.222 e. The number of likely N-dealkylation sites (tertiary alicyclic amines) is 1. The van der Waals surface area contributed by atoms with Crippen LogP contribution in [-0.2, 0) is 22.7 Å². The first-order valence-electron chi connectivity index (χ1n) is 8.01. The molecule has 5 nitrogen and oxygen atoms in total. The Morgan fingerprint density at radius 1 is 1.04 bits per heavy atom. The summed E-state index contributed by atoms with van der Waals surface area (Å²) in [6.07, 6.45) is 5.24. The number of benzene rings is 1. The van der Waals surface area contributed by atoms with E-state index < -0.39 is 0 Å². The minimum Gasteiger partial charge on any atom is -0.497 e. The van der Waals surface area contributed by atoms with Crippen LogP contribution in [0.15, 0.2) is 48.8 Å². The molecule has 1 aliphatic heterocycles. The van der Waals surface area contributed by atoms with E-state index in [1.165, 1.54) is 0 Å². The smallest absolute Gasteiger partial charge is 0.222 e. The van der Waals surface area contributed by atoms with Crippen LogP contribution in [0.2, 0.25) is 0 Å². The van der Waals surface area contributed by atoms with Crippen molar-refractivity contribution in [1.82, 2.24) is 9.88 Å². The van der Waals surface area contributed by atoms with E-state index in [1.54, 1.807) is 26.6 Å². The summed E-state index contributed by atoms with van der Waals surface area (Å²) < 4.78 is 9.97. The number of carbonyl (C=O) groups excluding carboxylic acids is 1. The maximum absolute atomic E-state index is 11.3. The van der Waals surface area contributed by atoms with Crippen LogP contribution in [0.25, 0.3) is 0 Å². The number of pyridine rings is 1. The number of aromatic nitrogens is 1. The quantitative estimate of drug-likeness (QED) is 0.846. The Morgan fingerprint density at radius 2 is 1.75 bits per heavy atom. The molecule has 0 unspecified atom stereocenters. The lowest BCUT2D eigenvalue weighted by atomic mass is 10.2. The lowest BCUT2D eigenvalue weighted by molar-refractivity contribution is -0.128. The minimum absolute atomic E-state index is 0.275. The number of carbonyl (C=O) groups is 1. The lowest BCUT2D eigenvalue weighted by Crippen LogP contribution is -2.23. The van der Waals surface area contributed by atoms with Gasteiger partial charge in [0.1, 0.15) is 5.75 Å². The summed E-state index contributed by atoms with van der Waals surface area (Å²) in [6.45, 7) is 2.30. The molecule has 1 aliphatic rings. The van der Waals surface area contributed by atoms with Crippen LogP contribution in [0.3, 0.4) is 0 Å². The molecular formula is C19H24N2O3. The van der Waals surface area contributed by atoms with Crippen LogP contribution < -0.4 is 4.74 Å². The molecule has 2 heterocycles. The van der Waals surface area contributed by atoms with Gasteiger partial charge in [-0.25, -0.2) is 0 Å². The molecular weight excluding hydrogens is 304 g/mol. The van der Waals surface area contributed by atoms with Crippen LogP contribution >= 0.6 is 0 Å². The fourth-order valence-electron chi connectivity index (χ4n) is 2.47. The van der Waals surface area contributed by atoms with Crippen LogP contribution in [0, 0.1) is 0 Å². The van der Waals surface area contributed by atoms with Gasteiger partial charge in [0, 0.05) is 39.0 Å². The van der Waals surface area contributed by atoms with Gasteiger partial charge < -0.3 is 14.4 Å². The highest BCUT2D eigenvalue weighted by Crippen LogP contribution is 2.13. The number of hydrogen-bond donors (Lipinski definition) is 0. The van der Waals surface area contributed by atoms with Crippen molar-refractivity contribution >= 4 is 5.91 Å². The van der Waals surface area contributed by atoms with Crippen molar-refractivity contribution < 1.29 is 14.3 Å². The van der Waals surface area contributed by atoms with E-state index in [-0.39, 0.29) is 5.91 Å². The van der Waals surface area contributed by atoms with Crippen molar-refractivity contribution in [2.24, 2.45) is 0 Å². The predicted octanol–water partition coefficient (Wildman–Crippen LogP) is 3.05. The third-order valence-electron chi connectivity index (χ3n) is 3.76. The predicted molar refractivity (Wildman–Crippen MR) is 92.6 cm³/mol. The molecule has 5 heteroatoms. The molecule has 1 aromatic carbocycles. The van der Waals surface area contributed by atoms with E-state index in [0.717, 1.165) is 36.4 Å². The molecule has 0 bridgehead atoms. The summed E-state index contributed by atoms with van der Waals surface area (Å²) in [5.41, 5.74) is 2.32. The molecule has 1 fully saturated rings. The number of nitrogens with zero attached hydrogens (tertiary/aromatic N) is 2. The fraction of sp³-hybridized carbons (Fsp3) is 0.368. The zero-order chi connectivity index (χ0) is 17.2. The Labute approximate surface area is 143 Å². The molecule has 2 aromatic rings. The normalized spacial score (nSPS) is 13.4. The van der Waals surface area contributed by atoms with Gasteiger partial charge in [0.05, 0.1) is 13.7 Å². The maximum atomic E-state index is 11.3. The second-order valence-electron chi connectivity index (χ2n) is 5.56. The number of rotatable bonds is 5. The van der Waals surface area contributed by atoms with Crippen LogP contribution in [0.4, 0.5) is 0 Å². The van der Waals surface area contributed by atoms with Gasteiger partial charge in [0.2, 0.25) is 5.91 Å². The zero-order valence-electron chi connectivity index (χ0n) is 14.3. The fourth-order valence-corrected chi connectivity index (χ4v) is 2.47. The van der Waals surface area contributed by atoms with Crippen LogP contribution in [-0.4, -0.2) is 36.6 Å². The second kappa shape index (κ2) is 9.67. The molecule has 1 aromatic heterocycles. The van der Waals surface area contributed by atoms with Gasteiger partial charge in [-0.05, 0) is 41.8 Å². The topological polar surface area (TPSA) is 51.7 Å². The van der Waals surface area contributed by atoms with E-state index in [4.69, 9.17) is 9.47 Å². The van der Waals surface area contributed by atoms with E-state index in [0.29, 0.717) is 13.0 Å². The van der Waals surface area contributed by atoms with Crippen LogP contribution in [0.1, 0.15) is 24.0 Å². The Bertz CT molecular complexity index is 614. The highest BCUT2D eigenvalue weighted by atomic mass is 16.5. The molecule has 128 valence electrons. The molecule has 1 amide bonds. The molecule has 0 N–H and O–H groups in total. The Kier molecular flexibility index (Phi) is 7.23. The Morgan fingerprint density at radius 3 is 2.29 bits per heavy atom. The average Bonchev–Trinajstić information content (AvgIpc) is 3.02. The lowest BCUT2D eigenvalue weighted by Gasteiger charge is -2.14. The van der Waals surface area contributed by atoms with Gasteiger partial charge >= 0.3 is 0 Å². The van der Waals surface area contributed by atoms with Crippen molar-refractivity contribution in [3.8, 4) is 5.75 Å². The molecule has 0 spiro atoms. The first kappa shape index (κ1) is 17.9. The van der Waals surface area contributed by atoms with Crippen molar-refractivity contribution in [1.29, 1.82) is 0 Å². The van der Waals surface area contributed by atoms with E-state index in [2.05, 4.69) is 4.98 Å². The summed E-state index contributed by atoms with van der Waals surface area (Å²) >= 11 is 0. The highest BCUT2D eigenvalue weighted by Gasteiger charge is 2.19. The van der Waals surface area contributed by atoms with Gasteiger partial charge in [0.15, 0.2) is 0 Å². The van der Waals surface area contributed by atoms with Gasteiger partial charge in [-0.1, -0.05) is 12.1 Å². The third-order valence-corrected chi connectivity index (χ3v) is 3.76. The molecule has 0 atom stereocenters. The van der Waals surface area contributed by atoms with Gasteiger partial charge in [-0.2, -0.15) is 0 Å². The number of hydrogen-bond acceptors (Lipinski definition) is 4. The molecule has 1 saturated heterocycles. The van der Waals surface area contributed by atoms with Crippen molar-refractivity contribution in [3.63, 3.8) is 0 Å². The van der Waals surface area contributed by atoms with Crippen molar-refractivity contribution in [2.45, 2.75) is 26.0 Å². The first-order valence-corrected chi connectivity index (χ1v) is 8.01. The van der Waals surface area contributed by atoms with Crippen LogP contribution in [0.5, 0.6) is 5.75 Å². The summed E-state index contributed by atoms with van der Waals surface area (Å²) in [6, 6.07) is 11.7. The zero-order valence-corrected chi connectivity index (χ0v) is 14.3. The van der Waals surface area contributed by atoms with Crippen molar-refractivity contribution in [2.75, 3.05) is 20.8 Å². The van der Waals surface area contributed by atoms with E-state index in [1.807, 2.05) is 41.3 Å². The number of amides is 1. The molecule has 0 aliphatic carbocycles. The summed E-state index contributed by atoms with van der Waals surface area (Å²) in [5.74, 6) is 1.15. The first-order chi connectivity index (χ1) is 11.7. The monoisotopic (exact) mass is 328 g/mol. The summed E-state index contributed by atoms with van der Waals surface area (Å²) in [5, 5.41) is 0. The third kappa shape index (κ3) is 5.66. The SMILES string of the molecule is COCc1ccc(OC)cc1.O=C1CCCN1Cc1ccncc1. The Balaban J connectivity index is 0.000000177. The van der Waals surface area contributed by atoms with Gasteiger partial charge in [0.25, 0.3) is 0 Å². The number of methoxy groups -OCH3 is 2. The molecule has 3 rings (SSSR count). The Hall–Kier alpha value is -2.40. The van der Waals surface area contributed by atoms with Crippen molar-refractivity contribution in [3.05, 3.63) is 59.9 Å².